The highest BCUT2D eigenvalue weighted by Crippen LogP contribution is 2.47. The second-order valence-corrected chi connectivity index (χ2v) is 18.7. The molecule has 0 aromatic heterocycles. The summed E-state index contributed by atoms with van der Waals surface area (Å²) in [7, 11) is -5.98. The van der Waals surface area contributed by atoms with Crippen LogP contribution in [0.5, 0.6) is 11.5 Å². The molecular formula is C52H47F3O4S. The minimum absolute atomic E-state index is 0.166. The van der Waals surface area contributed by atoms with E-state index in [9.17, 15) is 26.7 Å². The third kappa shape index (κ3) is 8.09. The second-order valence-electron chi connectivity index (χ2n) is 17.1. The van der Waals surface area contributed by atoms with E-state index >= 15 is 0 Å². The molecule has 0 amide bonds. The maximum Gasteiger partial charge on any atom is 0.534 e. The zero-order valence-electron chi connectivity index (χ0n) is 34.4. The van der Waals surface area contributed by atoms with E-state index in [0.29, 0.717) is 11.1 Å². The topological polar surface area (TPSA) is 63.6 Å². The Balaban J connectivity index is 1.35. The van der Waals surface area contributed by atoms with Gasteiger partial charge in [0.15, 0.2) is 5.75 Å². The van der Waals surface area contributed by atoms with E-state index in [1.807, 2.05) is 133 Å². The lowest BCUT2D eigenvalue weighted by Crippen LogP contribution is -2.30. The standard InChI is InChI=1S/C52H47F3O4S/c1-49(2,3)45-33-39(34-46(48(45)56)50(4,5)6)36-22-24-37(25-23-36)44-32-38(28-31-47(44)59-60(57,58)52(53,54)55)35-26-29-43(30-27-35)51(40-16-10-7-11-17-40,41-18-12-8-13-19-41)42-20-14-9-15-21-42/h7-34,56H,1-6H3. The summed E-state index contributed by atoms with van der Waals surface area (Å²) in [6.07, 6.45) is 0. The second kappa shape index (κ2) is 15.8. The van der Waals surface area contributed by atoms with E-state index in [0.717, 1.165) is 50.1 Å². The zero-order chi connectivity index (χ0) is 43.1. The van der Waals surface area contributed by atoms with Crippen molar-refractivity contribution in [3.63, 3.8) is 0 Å². The molecule has 0 aliphatic heterocycles. The number of halogens is 3. The summed E-state index contributed by atoms with van der Waals surface area (Å²) in [5, 5.41) is 11.3. The van der Waals surface area contributed by atoms with Crippen LogP contribution in [0.4, 0.5) is 13.2 Å². The summed E-state index contributed by atoms with van der Waals surface area (Å²) in [4.78, 5) is 0. The van der Waals surface area contributed by atoms with Crippen molar-refractivity contribution in [2.45, 2.75) is 63.3 Å². The van der Waals surface area contributed by atoms with E-state index in [1.165, 1.54) is 6.07 Å². The van der Waals surface area contributed by atoms with Gasteiger partial charge in [0.2, 0.25) is 0 Å². The highest BCUT2D eigenvalue weighted by molar-refractivity contribution is 7.88. The predicted octanol–water partition coefficient (Wildman–Crippen LogP) is 13.6. The molecule has 0 atom stereocenters. The molecule has 306 valence electrons. The minimum Gasteiger partial charge on any atom is -0.507 e. The molecule has 0 unspecified atom stereocenters. The number of benzene rings is 7. The third-order valence-electron chi connectivity index (χ3n) is 11.0. The molecule has 1 N–H and O–H groups in total. The van der Waals surface area contributed by atoms with Crippen molar-refractivity contribution in [1.82, 2.24) is 0 Å². The molecule has 7 rings (SSSR count). The van der Waals surface area contributed by atoms with Crippen LogP contribution < -0.4 is 4.18 Å². The Hall–Kier alpha value is -6.12. The maximum atomic E-state index is 13.7. The Morgan fingerprint density at radius 1 is 0.450 bits per heavy atom. The van der Waals surface area contributed by atoms with Gasteiger partial charge >= 0.3 is 15.6 Å². The predicted molar refractivity (Wildman–Crippen MR) is 236 cm³/mol. The van der Waals surface area contributed by atoms with Gasteiger partial charge in [-0.1, -0.05) is 187 Å². The fraction of sp³-hybridized carbons (Fsp3) is 0.192. The average molecular weight is 825 g/mol. The van der Waals surface area contributed by atoms with Gasteiger partial charge in [0.1, 0.15) is 5.75 Å². The van der Waals surface area contributed by atoms with E-state index in [1.54, 1.807) is 24.3 Å². The van der Waals surface area contributed by atoms with Crippen molar-refractivity contribution in [2.24, 2.45) is 0 Å². The number of phenolic OH excluding ortho intramolecular Hbond substituents is 1. The molecule has 0 aliphatic rings. The molecule has 0 heterocycles. The Kier molecular flexibility index (Phi) is 11.1. The summed E-state index contributed by atoms with van der Waals surface area (Å²) >= 11 is 0. The summed E-state index contributed by atoms with van der Waals surface area (Å²) in [5.74, 6) is -0.204. The molecule has 7 aromatic rings. The smallest absolute Gasteiger partial charge is 0.507 e. The Morgan fingerprint density at radius 2 is 0.817 bits per heavy atom. The van der Waals surface area contributed by atoms with Gasteiger partial charge in [-0.3, -0.25) is 0 Å². The minimum atomic E-state index is -5.98. The molecule has 0 saturated heterocycles. The molecule has 0 fully saturated rings. The Labute approximate surface area is 351 Å². The van der Waals surface area contributed by atoms with Gasteiger partial charge in [-0.25, -0.2) is 0 Å². The first-order chi connectivity index (χ1) is 28.3. The van der Waals surface area contributed by atoms with Gasteiger partial charge in [-0.15, -0.1) is 0 Å². The zero-order valence-corrected chi connectivity index (χ0v) is 35.2. The van der Waals surface area contributed by atoms with Crippen LogP contribution in [0, 0.1) is 0 Å². The van der Waals surface area contributed by atoms with Crippen LogP contribution in [0.3, 0.4) is 0 Å². The SMILES string of the molecule is CC(C)(C)c1cc(-c2ccc(-c3cc(-c4ccc(C(c5ccccc5)(c5ccccc5)c5ccccc5)cc4)ccc3OS(=O)(=O)C(F)(F)F)cc2)cc(C(C)(C)C)c1O. The van der Waals surface area contributed by atoms with Gasteiger partial charge in [0.05, 0.1) is 5.41 Å². The van der Waals surface area contributed by atoms with Gasteiger partial charge in [0, 0.05) is 16.7 Å². The molecule has 0 saturated carbocycles. The van der Waals surface area contributed by atoms with Crippen molar-refractivity contribution in [1.29, 1.82) is 0 Å². The monoisotopic (exact) mass is 824 g/mol. The van der Waals surface area contributed by atoms with Crippen LogP contribution in [0.25, 0.3) is 33.4 Å². The third-order valence-corrected chi connectivity index (χ3v) is 12.0. The van der Waals surface area contributed by atoms with Crippen molar-refractivity contribution in [3.05, 3.63) is 203 Å². The first kappa shape index (κ1) is 42.0. The summed E-state index contributed by atoms with van der Waals surface area (Å²) in [5.41, 5.74) is 2.46. The molecule has 0 aliphatic carbocycles. The number of hydrogen-bond acceptors (Lipinski definition) is 4. The first-order valence-electron chi connectivity index (χ1n) is 19.7. The average Bonchev–Trinajstić information content (AvgIpc) is 3.22. The van der Waals surface area contributed by atoms with Crippen LogP contribution in [-0.2, 0) is 26.4 Å². The Morgan fingerprint density at radius 3 is 1.23 bits per heavy atom. The number of alkyl halides is 3. The van der Waals surface area contributed by atoms with Crippen LogP contribution in [-0.4, -0.2) is 19.0 Å². The van der Waals surface area contributed by atoms with Gasteiger partial charge in [-0.2, -0.15) is 21.6 Å². The van der Waals surface area contributed by atoms with Gasteiger partial charge in [0.25, 0.3) is 0 Å². The van der Waals surface area contributed by atoms with E-state index in [4.69, 9.17) is 4.18 Å². The number of rotatable bonds is 9. The summed E-state index contributed by atoms with van der Waals surface area (Å²) in [6, 6.07) is 54.4. The molecule has 4 nitrogen and oxygen atoms in total. The first-order valence-corrected chi connectivity index (χ1v) is 21.1. The molecule has 8 heteroatoms. The van der Waals surface area contributed by atoms with Crippen LogP contribution in [0.1, 0.15) is 74.9 Å². The fourth-order valence-corrected chi connectivity index (χ4v) is 8.41. The van der Waals surface area contributed by atoms with Crippen LogP contribution in [0.15, 0.2) is 170 Å². The molecular weight excluding hydrogens is 778 g/mol. The van der Waals surface area contributed by atoms with Gasteiger partial charge in [-0.05, 0) is 85.2 Å². The van der Waals surface area contributed by atoms with Crippen LogP contribution in [0.2, 0.25) is 0 Å². The van der Waals surface area contributed by atoms with E-state index in [-0.39, 0.29) is 22.1 Å². The summed E-state index contributed by atoms with van der Waals surface area (Å²) in [6.45, 7) is 12.2. The molecule has 0 radical (unpaired) electrons. The highest BCUT2D eigenvalue weighted by atomic mass is 32.2. The number of aromatic hydroxyl groups is 1. The lowest BCUT2D eigenvalue weighted by atomic mass is 9.65. The normalized spacial score (nSPS) is 12.6. The Bertz CT molecular complexity index is 2580. The maximum absolute atomic E-state index is 13.7. The molecule has 0 bridgehead atoms. The van der Waals surface area contributed by atoms with E-state index in [2.05, 4.69) is 48.5 Å². The van der Waals surface area contributed by atoms with Crippen molar-refractivity contribution < 1.29 is 30.9 Å². The quantitative estimate of drug-likeness (QED) is 0.0895. The van der Waals surface area contributed by atoms with Gasteiger partial charge < -0.3 is 9.29 Å². The van der Waals surface area contributed by atoms with Crippen molar-refractivity contribution in [2.75, 3.05) is 0 Å². The highest BCUT2D eigenvalue weighted by Gasteiger charge is 2.49. The summed E-state index contributed by atoms with van der Waals surface area (Å²) < 4.78 is 70.6. The lowest BCUT2D eigenvalue weighted by Gasteiger charge is -2.37. The molecule has 60 heavy (non-hydrogen) atoms. The largest absolute Gasteiger partial charge is 0.534 e. The number of hydrogen-bond donors (Lipinski definition) is 1. The number of phenols is 1. The molecule has 0 spiro atoms. The lowest BCUT2D eigenvalue weighted by molar-refractivity contribution is -0.0499. The van der Waals surface area contributed by atoms with Crippen molar-refractivity contribution >= 4 is 10.1 Å². The molecule has 7 aromatic carbocycles. The fourth-order valence-electron chi connectivity index (χ4n) is 7.94. The van der Waals surface area contributed by atoms with Crippen LogP contribution >= 0.6 is 0 Å². The van der Waals surface area contributed by atoms with E-state index < -0.39 is 26.8 Å². The van der Waals surface area contributed by atoms with Crippen molar-refractivity contribution in [3.8, 4) is 44.9 Å².